The Morgan fingerprint density at radius 1 is 0.460 bits per heavy atom. The molecule has 0 aromatic heterocycles. The zero-order valence-corrected chi connectivity index (χ0v) is 60.9. The summed E-state index contributed by atoms with van der Waals surface area (Å²) in [6.45, 7) is 57.1. The van der Waals surface area contributed by atoms with Crippen LogP contribution in [0.25, 0.3) is 0 Å². The van der Waals surface area contributed by atoms with Crippen molar-refractivity contribution in [1.82, 2.24) is 10.6 Å². The molecule has 0 saturated carbocycles. The molecule has 2 unspecified atom stereocenters. The van der Waals surface area contributed by atoms with E-state index in [9.17, 15) is 24.7 Å². The minimum atomic E-state index is -4.32. The van der Waals surface area contributed by atoms with Crippen molar-refractivity contribution in [3.8, 4) is 11.5 Å². The number of nitrogens with one attached hydrogen (secondary N) is 2. The molecule has 0 bridgehead atoms. The van der Waals surface area contributed by atoms with Crippen LogP contribution in [0, 0.1) is 5.92 Å². The summed E-state index contributed by atoms with van der Waals surface area (Å²) in [5.74, 6) is 0.534. The minimum absolute atomic E-state index is 0.0225. The number of carbonyl (C=O) groups is 2. The molecule has 4 aromatic carbocycles. The first-order valence-corrected chi connectivity index (χ1v) is 35.2. The van der Waals surface area contributed by atoms with Crippen molar-refractivity contribution in [2.75, 3.05) is 12.7 Å². The molecule has 0 heterocycles. The van der Waals surface area contributed by atoms with E-state index in [1.165, 1.54) is 22.3 Å². The molecule has 4 rings (SSSR count). The van der Waals surface area contributed by atoms with Crippen LogP contribution in [0.3, 0.4) is 0 Å². The van der Waals surface area contributed by atoms with E-state index in [1.807, 2.05) is 12.1 Å². The van der Waals surface area contributed by atoms with Gasteiger partial charge in [-0.2, -0.15) is 0 Å². The van der Waals surface area contributed by atoms with Crippen LogP contribution in [0.1, 0.15) is 317 Å². The SMILES string of the molecule is CCCCC(CC)C[PH](O)(OC(CCCCCNC(=O)CCc1cc(C(C)(C)C)c(O)c(C(C)(C)C)c1)NC(=O)CCc1cc(C(C)(C)C)c(O)c(C(C)(C)C)c1)OC(c1cc(C(C)(C)C)cc(C(C)(C)C)c1)c1cc(C(C)(C)C)cc(C(C)(C)C)c1. The van der Waals surface area contributed by atoms with Gasteiger partial charge < -0.3 is 5.11 Å². The number of carbonyl (C=O) groups excluding carboxylic acids is 2. The van der Waals surface area contributed by atoms with Gasteiger partial charge in [-0.3, -0.25) is 0 Å². The number of phenols is 2. The molecular weight excluding hydrogens is 1100 g/mol. The number of unbranched alkanes of at least 4 members (excludes halogenated alkanes) is 3. The van der Waals surface area contributed by atoms with Crippen LogP contribution in [0.15, 0.2) is 60.7 Å². The van der Waals surface area contributed by atoms with E-state index < -0.39 is 20.3 Å². The first kappa shape index (κ1) is 75.2. The molecule has 87 heavy (non-hydrogen) atoms. The number of benzene rings is 4. The number of amides is 2. The predicted octanol–water partition coefficient (Wildman–Crippen LogP) is 19.7. The van der Waals surface area contributed by atoms with Crippen molar-refractivity contribution in [3.05, 3.63) is 127 Å². The summed E-state index contributed by atoms with van der Waals surface area (Å²) in [5, 5.41) is 29.4. The summed E-state index contributed by atoms with van der Waals surface area (Å²) in [4.78, 5) is 42.0. The van der Waals surface area contributed by atoms with Gasteiger partial charge in [0.25, 0.3) is 0 Å². The number of rotatable bonds is 25. The van der Waals surface area contributed by atoms with Gasteiger partial charge in [-0.15, -0.1) is 0 Å². The second kappa shape index (κ2) is 29.3. The van der Waals surface area contributed by atoms with Gasteiger partial charge >= 0.3 is 448 Å². The maximum absolute atomic E-state index is 14.7. The Labute approximate surface area is 531 Å². The molecule has 9 nitrogen and oxygen atoms in total. The molecule has 490 valence electrons. The fourth-order valence-electron chi connectivity index (χ4n) is 11.3. The average molecular weight is 1220 g/mol. The van der Waals surface area contributed by atoms with E-state index in [2.05, 4.69) is 239 Å². The van der Waals surface area contributed by atoms with Gasteiger partial charge in [-0.25, -0.2) is 0 Å². The Morgan fingerprint density at radius 3 is 1.16 bits per heavy atom. The summed E-state index contributed by atoms with van der Waals surface area (Å²) in [6.07, 6.45) is 6.57. The zero-order valence-electron chi connectivity index (χ0n) is 59.9. The molecule has 0 aliphatic heterocycles. The Bertz CT molecular complexity index is 2710. The summed E-state index contributed by atoms with van der Waals surface area (Å²) < 4.78 is 14.9. The number of aryl methyl sites for hydroxylation is 2. The molecule has 0 saturated heterocycles. The third-order valence-electron chi connectivity index (χ3n) is 17.3. The molecule has 0 radical (unpaired) electrons. The second-order valence-corrected chi connectivity index (χ2v) is 36.3. The Morgan fingerprint density at radius 2 is 0.828 bits per heavy atom. The van der Waals surface area contributed by atoms with Crippen molar-refractivity contribution in [3.63, 3.8) is 0 Å². The van der Waals surface area contributed by atoms with Gasteiger partial charge in [0.2, 0.25) is 0 Å². The fraction of sp³-hybridized carbons (Fsp3) is 0.662. The number of aromatic hydroxyl groups is 2. The van der Waals surface area contributed by atoms with E-state index >= 15 is 0 Å². The van der Waals surface area contributed by atoms with Gasteiger partial charge in [0.05, 0.1) is 0 Å². The van der Waals surface area contributed by atoms with Gasteiger partial charge in [-0.1, -0.05) is 53.7 Å². The quantitative estimate of drug-likeness (QED) is 0.0253. The van der Waals surface area contributed by atoms with Crippen LogP contribution in [0.4, 0.5) is 0 Å². The Balaban J connectivity index is 1.81. The molecule has 0 aliphatic rings. The van der Waals surface area contributed by atoms with E-state index in [0.29, 0.717) is 56.3 Å². The van der Waals surface area contributed by atoms with Crippen LogP contribution in [-0.2, 0) is 74.8 Å². The average Bonchev–Trinajstić information content (AvgIpc) is 0.878. The molecule has 5 N–H and O–H groups in total. The third-order valence-corrected chi connectivity index (χ3v) is 19.7. The van der Waals surface area contributed by atoms with Crippen LogP contribution in [-0.4, -0.2) is 45.9 Å². The summed E-state index contributed by atoms with van der Waals surface area (Å²) >= 11 is 0. The fourth-order valence-corrected chi connectivity index (χ4v) is 14.1. The number of phenolic OH excluding ortho intramolecular Hbond substituents is 2. The predicted molar refractivity (Wildman–Crippen MR) is 371 cm³/mol. The van der Waals surface area contributed by atoms with Crippen LogP contribution < -0.4 is 10.6 Å². The van der Waals surface area contributed by atoms with Crippen molar-refractivity contribution >= 4 is 19.8 Å². The van der Waals surface area contributed by atoms with E-state index in [-0.39, 0.29) is 67.5 Å². The molecule has 0 aliphatic carbocycles. The van der Waals surface area contributed by atoms with Crippen molar-refractivity contribution in [2.24, 2.45) is 5.92 Å². The maximum atomic E-state index is 14.7. The number of hydrogen-bond acceptors (Lipinski definition) is 7. The Hall–Kier alpha value is -4.27. The standard InChI is InChI=1S/C77H125N2O7P/c1-27-29-33-51(28-2)50-87(84,86-69(54-44-56(70(3,4)5)48-57(45-54)71(6,7)8)55-46-58(72(9,10)11)49-59(47-55)73(12,13)14)85-66(79-65(81)38-36-53-42-62(76(21,22)23)68(83)63(43-53)77(24,25)26)34-31-30-32-39-78-64(80)37-35-52-40-60(74(15,16)17)67(82)61(41-52)75(18,19)20/h40-49,51,66,69,82-84,87H,27-39,50H2,1-26H3,(H,78,80)(H,79,81). The van der Waals surface area contributed by atoms with Gasteiger partial charge in [0.15, 0.2) is 0 Å². The van der Waals surface area contributed by atoms with Crippen molar-refractivity contribution in [1.29, 1.82) is 0 Å². The molecule has 0 spiro atoms. The van der Waals surface area contributed by atoms with Crippen LogP contribution in [0.2, 0.25) is 0 Å². The summed E-state index contributed by atoms with van der Waals surface area (Å²) in [6, 6.07) is 22.0. The first-order valence-electron chi connectivity index (χ1n) is 33.3. The molecule has 0 fully saturated rings. The zero-order chi connectivity index (χ0) is 66.3. The molecule has 2 amide bonds. The summed E-state index contributed by atoms with van der Waals surface area (Å²) in [7, 11) is -4.32. The molecule has 2 atom stereocenters. The molecule has 4 aromatic rings. The van der Waals surface area contributed by atoms with Gasteiger partial charge in [-0.05, 0) is 22.0 Å². The molecule has 10 heteroatoms. The Kier molecular flexibility index (Phi) is 25.4. The van der Waals surface area contributed by atoms with Gasteiger partial charge in [0.1, 0.15) is 5.75 Å². The second-order valence-electron chi connectivity index (χ2n) is 34.0. The first-order chi connectivity index (χ1) is 39.6. The van der Waals surface area contributed by atoms with Gasteiger partial charge in [0, 0.05) is 0 Å². The topological polar surface area (TPSA) is 137 Å². The van der Waals surface area contributed by atoms with Crippen molar-refractivity contribution in [2.45, 2.75) is 313 Å². The number of hydrogen-bond donors (Lipinski definition) is 5. The van der Waals surface area contributed by atoms with Crippen LogP contribution >= 0.6 is 7.94 Å². The van der Waals surface area contributed by atoms with E-state index in [1.54, 1.807) is 0 Å². The normalized spacial score (nSPS) is 14.3. The van der Waals surface area contributed by atoms with Crippen LogP contribution in [0.5, 0.6) is 11.5 Å². The van der Waals surface area contributed by atoms with E-state index in [0.717, 1.165) is 83.0 Å². The van der Waals surface area contributed by atoms with Crippen molar-refractivity contribution < 1.29 is 33.7 Å². The summed E-state index contributed by atoms with van der Waals surface area (Å²) in [5.41, 5.74) is 10.2. The molecular formula is C77H125N2O7P. The third kappa shape index (κ3) is 22.6. The monoisotopic (exact) mass is 1220 g/mol. The van der Waals surface area contributed by atoms with E-state index in [4.69, 9.17) is 9.05 Å².